The number of piperazine rings is 1. The number of rotatable bonds is 5. The fraction of sp³-hybridized carbons (Fsp3) is 0.389. The maximum atomic E-state index is 13.9. The quantitative estimate of drug-likeness (QED) is 0.470. The maximum Gasteiger partial charge on any atom is 0.193 e. The average Bonchev–Trinajstić information content (AvgIpc) is 2.71. The monoisotopic (exact) mass is 375 g/mol. The smallest absolute Gasteiger partial charge is 0.193 e. The molecule has 0 bridgehead atoms. The minimum Gasteiger partial charge on any atom is -0.367 e. The molecule has 9 heteroatoms. The van der Waals surface area contributed by atoms with Gasteiger partial charge in [-0.3, -0.25) is 9.98 Å². The van der Waals surface area contributed by atoms with E-state index in [2.05, 4.69) is 30.5 Å². The van der Waals surface area contributed by atoms with Gasteiger partial charge in [-0.1, -0.05) is 0 Å². The first-order valence-corrected chi connectivity index (χ1v) is 8.83. The highest BCUT2D eigenvalue weighted by molar-refractivity contribution is 5.80. The van der Waals surface area contributed by atoms with E-state index in [4.69, 9.17) is 0 Å². The molecule has 1 saturated heterocycles. The van der Waals surface area contributed by atoms with E-state index in [1.807, 2.05) is 4.90 Å². The summed E-state index contributed by atoms with van der Waals surface area (Å²) in [5.74, 6) is 0.680. The summed E-state index contributed by atoms with van der Waals surface area (Å²) in [5.41, 5.74) is 0.311. The first-order chi connectivity index (χ1) is 13.2. The van der Waals surface area contributed by atoms with Crippen LogP contribution in [0.15, 0.2) is 41.8 Å². The predicted octanol–water partition coefficient (Wildman–Crippen LogP) is 1.56. The van der Waals surface area contributed by atoms with Crippen molar-refractivity contribution < 1.29 is 8.78 Å². The standard InChI is InChI=1S/C18H23F2N7/c1-21-18(25-7-6-24-17-13-22-4-5-23-17)27-10-8-26(9-11-27)16-12-14(19)2-3-15(16)20/h2-5,12-13H,6-11H2,1H3,(H,21,25)(H,23,24). The van der Waals surface area contributed by atoms with E-state index in [0.29, 0.717) is 45.0 Å². The Kier molecular flexibility index (Phi) is 6.35. The van der Waals surface area contributed by atoms with Crippen LogP contribution < -0.4 is 15.5 Å². The molecule has 0 atom stereocenters. The number of halogens is 2. The van der Waals surface area contributed by atoms with Crippen LogP contribution in [0, 0.1) is 11.6 Å². The Hall–Kier alpha value is -2.97. The Labute approximate surface area is 157 Å². The summed E-state index contributed by atoms with van der Waals surface area (Å²) in [5, 5.41) is 6.47. The summed E-state index contributed by atoms with van der Waals surface area (Å²) in [6, 6.07) is 3.55. The third kappa shape index (κ3) is 5.02. The van der Waals surface area contributed by atoms with Crippen molar-refractivity contribution in [2.24, 2.45) is 4.99 Å². The van der Waals surface area contributed by atoms with Crippen molar-refractivity contribution in [3.8, 4) is 0 Å². The molecule has 144 valence electrons. The summed E-state index contributed by atoms with van der Waals surface area (Å²) in [6.45, 7) is 3.88. The number of aliphatic imine (C=N–C) groups is 1. The normalized spacial score (nSPS) is 15.0. The van der Waals surface area contributed by atoms with Gasteiger partial charge in [0.1, 0.15) is 17.5 Å². The van der Waals surface area contributed by atoms with Gasteiger partial charge in [-0.2, -0.15) is 0 Å². The topological polar surface area (TPSA) is 68.7 Å². The minimum absolute atomic E-state index is 0.311. The SMILES string of the molecule is CN=C(NCCNc1cnccn1)N1CCN(c2cc(F)ccc2F)CC1. The first kappa shape index (κ1) is 18.8. The molecule has 0 saturated carbocycles. The summed E-state index contributed by atoms with van der Waals surface area (Å²) in [7, 11) is 1.73. The molecule has 0 amide bonds. The number of nitrogens with zero attached hydrogens (tertiary/aromatic N) is 5. The molecular formula is C18H23F2N7. The minimum atomic E-state index is -0.429. The van der Waals surface area contributed by atoms with E-state index in [9.17, 15) is 8.78 Å². The van der Waals surface area contributed by atoms with Crippen molar-refractivity contribution >= 4 is 17.5 Å². The van der Waals surface area contributed by atoms with Gasteiger partial charge < -0.3 is 20.4 Å². The molecule has 27 heavy (non-hydrogen) atoms. The zero-order valence-electron chi connectivity index (χ0n) is 15.2. The Morgan fingerprint density at radius 1 is 1.15 bits per heavy atom. The van der Waals surface area contributed by atoms with Crippen molar-refractivity contribution in [3.63, 3.8) is 0 Å². The van der Waals surface area contributed by atoms with E-state index in [1.54, 1.807) is 25.6 Å². The lowest BCUT2D eigenvalue weighted by molar-refractivity contribution is 0.371. The number of aromatic nitrogens is 2. The number of anilines is 2. The van der Waals surface area contributed by atoms with Gasteiger partial charge in [0.05, 0.1) is 11.9 Å². The van der Waals surface area contributed by atoms with Crippen LogP contribution in [0.1, 0.15) is 0 Å². The van der Waals surface area contributed by atoms with Gasteiger partial charge >= 0.3 is 0 Å². The van der Waals surface area contributed by atoms with Gasteiger partial charge in [-0.05, 0) is 12.1 Å². The van der Waals surface area contributed by atoms with Crippen LogP contribution in [0.3, 0.4) is 0 Å². The molecule has 3 rings (SSSR count). The molecule has 0 unspecified atom stereocenters. The van der Waals surface area contributed by atoms with Crippen LogP contribution in [0.5, 0.6) is 0 Å². The lowest BCUT2D eigenvalue weighted by atomic mass is 10.2. The molecule has 1 aromatic carbocycles. The second-order valence-corrected chi connectivity index (χ2v) is 6.06. The zero-order valence-corrected chi connectivity index (χ0v) is 15.2. The van der Waals surface area contributed by atoms with Crippen LogP contribution in [0.2, 0.25) is 0 Å². The molecule has 1 aliphatic heterocycles. The zero-order chi connectivity index (χ0) is 19.1. The summed E-state index contributed by atoms with van der Waals surface area (Å²) < 4.78 is 27.4. The first-order valence-electron chi connectivity index (χ1n) is 8.83. The summed E-state index contributed by atoms with van der Waals surface area (Å²) in [6.07, 6.45) is 4.93. The number of nitrogens with one attached hydrogen (secondary N) is 2. The summed E-state index contributed by atoms with van der Waals surface area (Å²) in [4.78, 5) is 16.4. The Morgan fingerprint density at radius 3 is 2.67 bits per heavy atom. The van der Waals surface area contributed by atoms with Crippen LogP contribution in [0.25, 0.3) is 0 Å². The van der Waals surface area contributed by atoms with E-state index < -0.39 is 11.6 Å². The van der Waals surface area contributed by atoms with Gasteiger partial charge in [0.25, 0.3) is 0 Å². The van der Waals surface area contributed by atoms with E-state index in [1.165, 1.54) is 12.1 Å². The molecule has 1 aromatic heterocycles. The molecular weight excluding hydrogens is 352 g/mol. The molecule has 0 aliphatic carbocycles. The third-order valence-corrected chi connectivity index (χ3v) is 4.32. The fourth-order valence-corrected chi connectivity index (χ4v) is 2.97. The van der Waals surface area contributed by atoms with Crippen LogP contribution in [0.4, 0.5) is 20.3 Å². The second-order valence-electron chi connectivity index (χ2n) is 6.06. The van der Waals surface area contributed by atoms with Gasteiger partial charge in [0.15, 0.2) is 5.96 Å². The van der Waals surface area contributed by atoms with E-state index >= 15 is 0 Å². The van der Waals surface area contributed by atoms with Crippen molar-refractivity contribution in [2.45, 2.75) is 0 Å². The van der Waals surface area contributed by atoms with Crippen molar-refractivity contribution in [1.82, 2.24) is 20.2 Å². The van der Waals surface area contributed by atoms with Gasteiger partial charge in [0.2, 0.25) is 0 Å². The van der Waals surface area contributed by atoms with Gasteiger partial charge in [0, 0.05) is 64.8 Å². The van der Waals surface area contributed by atoms with Crippen molar-refractivity contribution in [2.75, 3.05) is 56.5 Å². The van der Waals surface area contributed by atoms with Gasteiger partial charge in [-0.25, -0.2) is 13.8 Å². The number of hydrogen-bond acceptors (Lipinski definition) is 5. The maximum absolute atomic E-state index is 13.9. The molecule has 0 radical (unpaired) electrons. The third-order valence-electron chi connectivity index (χ3n) is 4.32. The molecule has 2 aromatic rings. The lowest BCUT2D eigenvalue weighted by Gasteiger charge is -2.37. The second kappa shape index (κ2) is 9.11. The Balaban J connectivity index is 1.46. The highest BCUT2D eigenvalue weighted by Gasteiger charge is 2.21. The van der Waals surface area contributed by atoms with Crippen LogP contribution in [-0.2, 0) is 0 Å². The van der Waals surface area contributed by atoms with Crippen molar-refractivity contribution in [3.05, 3.63) is 48.4 Å². The van der Waals surface area contributed by atoms with Gasteiger partial charge in [-0.15, -0.1) is 0 Å². The average molecular weight is 375 g/mol. The predicted molar refractivity (Wildman–Crippen MR) is 102 cm³/mol. The molecule has 1 aliphatic rings. The van der Waals surface area contributed by atoms with Crippen molar-refractivity contribution in [1.29, 1.82) is 0 Å². The van der Waals surface area contributed by atoms with Crippen LogP contribution >= 0.6 is 0 Å². The molecule has 2 N–H and O–H groups in total. The highest BCUT2D eigenvalue weighted by atomic mass is 19.1. The molecule has 2 heterocycles. The van der Waals surface area contributed by atoms with E-state index in [0.717, 1.165) is 17.8 Å². The van der Waals surface area contributed by atoms with E-state index in [-0.39, 0.29) is 0 Å². The Morgan fingerprint density at radius 2 is 1.96 bits per heavy atom. The largest absolute Gasteiger partial charge is 0.367 e. The highest BCUT2D eigenvalue weighted by Crippen LogP contribution is 2.21. The number of benzene rings is 1. The number of guanidine groups is 1. The lowest BCUT2D eigenvalue weighted by Crippen LogP contribution is -2.53. The molecule has 7 nitrogen and oxygen atoms in total. The Bertz CT molecular complexity index is 762. The summed E-state index contributed by atoms with van der Waals surface area (Å²) >= 11 is 0. The molecule has 1 fully saturated rings. The van der Waals surface area contributed by atoms with Crippen LogP contribution in [-0.4, -0.2) is 67.1 Å². The molecule has 0 spiro atoms. The fourth-order valence-electron chi connectivity index (χ4n) is 2.97. The number of hydrogen-bond donors (Lipinski definition) is 2.